The maximum absolute atomic E-state index is 10.5. The summed E-state index contributed by atoms with van der Waals surface area (Å²) in [6.45, 7) is 1.39. The fourth-order valence-corrected chi connectivity index (χ4v) is 0.839. The SMILES string of the molecule is CC(=O)N/N=C/c1ccc(N(C)C)o1. The number of hydrazone groups is 1. The highest BCUT2D eigenvalue weighted by atomic mass is 16.4. The van der Waals surface area contributed by atoms with Crippen LogP contribution in [0.15, 0.2) is 21.7 Å². The molecule has 1 N–H and O–H groups in total. The number of hydrogen-bond donors (Lipinski definition) is 1. The standard InChI is InChI=1S/C9H13N3O2/c1-7(13)11-10-6-8-4-5-9(14-8)12(2)3/h4-6H,1-3H3,(H,11,13)/b10-6+. The van der Waals surface area contributed by atoms with Gasteiger partial charge in [0, 0.05) is 27.1 Å². The summed E-state index contributed by atoms with van der Waals surface area (Å²) in [7, 11) is 3.77. The van der Waals surface area contributed by atoms with Crippen molar-refractivity contribution in [1.29, 1.82) is 0 Å². The van der Waals surface area contributed by atoms with Crippen molar-refractivity contribution < 1.29 is 9.21 Å². The summed E-state index contributed by atoms with van der Waals surface area (Å²) in [6, 6.07) is 3.61. The van der Waals surface area contributed by atoms with Gasteiger partial charge in [-0.25, -0.2) is 5.43 Å². The first kappa shape index (κ1) is 10.3. The van der Waals surface area contributed by atoms with Gasteiger partial charge in [0.25, 0.3) is 0 Å². The molecule has 0 atom stereocenters. The lowest BCUT2D eigenvalue weighted by Crippen LogP contribution is -2.12. The Hall–Kier alpha value is -1.78. The molecular formula is C9H13N3O2. The number of nitrogens with one attached hydrogen (secondary N) is 1. The smallest absolute Gasteiger partial charge is 0.236 e. The van der Waals surface area contributed by atoms with Crippen molar-refractivity contribution in [3.05, 3.63) is 17.9 Å². The van der Waals surface area contributed by atoms with E-state index in [1.807, 2.05) is 25.1 Å². The van der Waals surface area contributed by atoms with Crippen molar-refractivity contribution in [1.82, 2.24) is 5.43 Å². The van der Waals surface area contributed by atoms with Gasteiger partial charge in [-0.05, 0) is 6.07 Å². The van der Waals surface area contributed by atoms with E-state index in [1.165, 1.54) is 13.1 Å². The number of furan rings is 1. The molecule has 76 valence electrons. The minimum absolute atomic E-state index is 0.208. The normalized spacial score (nSPS) is 10.5. The van der Waals surface area contributed by atoms with Gasteiger partial charge in [-0.1, -0.05) is 0 Å². The Morgan fingerprint density at radius 2 is 2.29 bits per heavy atom. The average Bonchev–Trinajstić information content (AvgIpc) is 2.52. The Morgan fingerprint density at radius 1 is 1.57 bits per heavy atom. The molecular weight excluding hydrogens is 182 g/mol. The summed E-state index contributed by atoms with van der Waals surface area (Å²) in [4.78, 5) is 12.3. The second kappa shape index (κ2) is 4.45. The third-order valence-corrected chi connectivity index (χ3v) is 1.47. The predicted molar refractivity (Wildman–Crippen MR) is 54.4 cm³/mol. The first-order chi connectivity index (χ1) is 6.59. The predicted octanol–water partition coefficient (Wildman–Crippen LogP) is 0.816. The van der Waals surface area contributed by atoms with Crippen LogP contribution in [0.25, 0.3) is 0 Å². The Morgan fingerprint density at radius 3 is 2.79 bits per heavy atom. The third kappa shape index (κ3) is 2.93. The van der Waals surface area contributed by atoms with Gasteiger partial charge in [-0.15, -0.1) is 0 Å². The molecule has 0 aliphatic carbocycles. The molecule has 0 saturated carbocycles. The van der Waals surface area contributed by atoms with E-state index in [9.17, 15) is 4.79 Å². The van der Waals surface area contributed by atoms with E-state index in [-0.39, 0.29) is 5.91 Å². The molecule has 0 fully saturated rings. The molecule has 0 unspecified atom stereocenters. The molecule has 1 aromatic heterocycles. The monoisotopic (exact) mass is 195 g/mol. The lowest BCUT2D eigenvalue weighted by Gasteiger charge is -2.05. The number of carbonyl (C=O) groups is 1. The minimum Gasteiger partial charge on any atom is -0.440 e. The summed E-state index contributed by atoms with van der Waals surface area (Å²) in [5.74, 6) is 1.14. The van der Waals surface area contributed by atoms with Gasteiger partial charge in [0.2, 0.25) is 5.91 Å². The van der Waals surface area contributed by atoms with Gasteiger partial charge in [-0.2, -0.15) is 5.10 Å². The lowest BCUT2D eigenvalue weighted by molar-refractivity contribution is -0.118. The van der Waals surface area contributed by atoms with Crippen LogP contribution in [0.5, 0.6) is 0 Å². The lowest BCUT2D eigenvalue weighted by atomic mass is 10.5. The van der Waals surface area contributed by atoms with Crippen LogP contribution in [0.2, 0.25) is 0 Å². The molecule has 1 heterocycles. The maximum Gasteiger partial charge on any atom is 0.236 e. The van der Waals surface area contributed by atoms with E-state index in [4.69, 9.17) is 4.42 Å². The fourth-order valence-electron chi connectivity index (χ4n) is 0.839. The van der Waals surface area contributed by atoms with Crippen LogP contribution in [-0.4, -0.2) is 26.2 Å². The number of rotatable bonds is 3. The van der Waals surface area contributed by atoms with Crippen molar-refractivity contribution in [2.75, 3.05) is 19.0 Å². The summed E-state index contributed by atoms with van der Waals surface area (Å²) >= 11 is 0. The molecule has 0 aromatic carbocycles. The molecule has 0 spiro atoms. The molecule has 1 rings (SSSR count). The third-order valence-electron chi connectivity index (χ3n) is 1.47. The van der Waals surface area contributed by atoms with Crippen molar-refractivity contribution >= 4 is 18.0 Å². The van der Waals surface area contributed by atoms with Crippen LogP contribution < -0.4 is 10.3 Å². The number of amides is 1. The van der Waals surface area contributed by atoms with E-state index in [2.05, 4.69) is 10.5 Å². The van der Waals surface area contributed by atoms with E-state index in [0.717, 1.165) is 5.88 Å². The molecule has 1 amide bonds. The molecule has 0 radical (unpaired) electrons. The van der Waals surface area contributed by atoms with E-state index < -0.39 is 0 Å². The molecule has 5 nitrogen and oxygen atoms in total. The molecule has 0 aliphatic rings. The van der Waals surface area contributed by atoms with Gasteiger partial charge in [0.05, 0.1) is 6.21 Å². The van der Waals surface area contributed by atoms with Crippen LogP contribution in [0, 0.1) is 0 Å². The topological polar surface area (TPSA) is 57.8 Å². The second-order valence-corrected chi connectivity index (χ2v) is 3.00. The Balaban J connectivity index is 2.59. The van der Waals surface area contributed by atoms with Crippen molar-refractivity contribution in [3.8, 4) is 0 Å². The first-order valence-electron chi connectivity index (χ1n) is 4.16. The zero-order chi connectivity index (χ0) is 10.6. The second-order valence-electron chi connectivity index (χ2n) is 3.00. The van der Waals surface area contributed by atoms with Crippen molar-refractivity contribution in [3.63, 3.8) is 0 Å². The van der Waals surface area contributed by atoms with Crippen molar-refractivity contribution in [2.24, 2.45) is 5.10 Å². The Labute approximate surface area is 82.4 Å². The van der Waals surface area contributed by atoms with E-state index >= 15 is 0 Å². The summed E-state index contributed by atoms with van der Waals surface area (Å²) in [5, 5.41) is 3.68. The molecule has 14 heavy (non-hydrogen) atoms. The van der Waals surface area contributed by atoms with Gasteiger partial charge >= 0.3 is 0 Å². The quantitative estimate of drug-likeness (QED) is 0.573. The van der Waals surface area contributed by atoms with Crippen LogP contribution in [0.3, 0.4) is 0 Å². The van der Waals surface area contributed by atoms with Gasteiger partial charge in [-0.3, -0.25) is 4.79 Å². The van der Waals surface area contributed by atoms with Gasteiger partial charge < -0.3 is 9.32 Å². The average molecular weight is 195 g/mol. The number of nitrogens with zero attached hydrogens (tertiary/aromatic N) is 2. The van der Waals surface area contributed by atoms with Gasteiger partial charge in [0.1, 0.15) is 5.76 Å². The number of anilines is 1. The highest BCUT2D eigenvalue weighted by Crippen LogP contribution is 2.13. The van der Waals surface area contributed by atoms with Crippen molar-refractivity contribution in [2.45, 2.75) is 6.92 Å². The first-order valence-corrected chi connectivity index (χ1v) is 4.16. The Bertz CT molecular complexity index is 342. The maximum atomic E-state index is 10.5. The zero-order valence-corrected chi connectivity index (χ0v) is 8.44. The van der Waals surface area contributed by atoms with E-state index in [1.54, 1.807) is 6.07 Å². The molecule has 0 saturated heterocycles. The minimum atomic E-state index is -0.208. The highest BCUT2D eigenvalue weighted by Gasteiger charge is 2.00. The zero-order valence-electron chi connectivity index (χ0n) is 8.44. The summed E-state index contributed by atoms with van der Waals surface area (Å²) in [5.41, 5.74) is 2.29. The van der Waals surface area contributed by atoms with Crippen LogP contribution in [0.1, 0.15) is 12.7 Å². The van der Waals surface area contributed by atoms with Crippen LogP contribution in [-0.2, 0) is 4.79 Å². The number of carbonyl (C=O) groups excluding carboxylic acids is 1. The van der Waals surface area contributed by atoms with Crippen LogP contribution in [0.4, 0.5) is 5.88 Å². The summed E-state index contributed by atoms with van der Waals surface area (Å²) in [6.07, 6.45) is 1.45. The van der Waals surface area contributed by atoms with Crippen LogP contribution >= 0.6 is 0 Å². The highest BCUT2D eigenvalue weighted by molar-refractivity contribution is 5.79. The van der Waals surface area contributed by atoms with Gasteiger partial charge in [0.15, 0.2) is 5.88 Å². The molecule has 0 bridgehead atoms. The molecule has 1 aromatic rings. The number of hydrogen-bond acceptors (Lipinski definition) is 4. The fraction of sp³-hybridized carbons (Fsp3) is 0.333. The molecule has 0 aliphatic heterocycles. The summed E-state index contributed by atoms with van der Waals surface area (Å²) < 4.78 is 5.35. The molecule has 5 heteroatoms. The Kier molecular flexibility index (Phi) is 3.28. The largest absolute Gasteiger partial charge is 0.440 e. The van der Waals surface area contributed by atoms with E-state index in [0.29, 0.717) is 5.76 Å².